The van der Waals surface area contributed by atoms with Crippen LogP contribution in [0.15, 0.2) is 0 Å². The van der Waals surface area contributed by atoms with Gasteiger partial charge in [0.05, 0.1) is 0 Å². The molecule has 0 aromatic rings. The summed E-state index contributed by atoms with van der Waals surface area (Å²) in [7, 11) is 0. The molecule has 0 aromatic heterocycles. The van der Waals surface area contributed by atoms with E-state index in [-0.39, 0.29) is 23.9 Å². The van der Waals surface area contributed by atoms with Gasteiger partial charge in [-0.3, -0.25) is 9.59 Å². The molecule has 5 heteroatoms. The number of carbonyl (C=O) groups excluding carboxylic acids is 2. The Hall–Kier alpha value is -1.10. The van der Waals surface area contributed by atoms with E-state index in [1.165, 1.54) is 0 Å². The molecule has 0 bridgehead atoms. The first-order valence-corrected chi connectivity index (χ1v) is 6.30. The zero-order valence-electron chi connectivity index (χ0n) is 10.7. The summed E-state index contributed by atoms with van der Waals surface area (Å²) in [5.41, 5.74) is 5.84. The molecule has 5 nitrogen and oxygen atoms in total. The average Bonchev–Trinajstić information content (AvgIpc) is 2.98. The Morgan fingerprint density at radius 2 is 1.94 bits per heavy atom. The molecule has 0 heterocycles. The lowest BCUT2D eigenvalue weighted by Crippen LogP contribution is -2.36. The van der Waals surface area contributed by atoms with Crippen LogP contribution in [0.4, 0.5) is 0 Å². The van der Waals surface area contributed by atoms with Gasteiger partial charge in [0.25, 0.3) is 0 Å². The van der Waals surface area contributed by atoms with Crippen molar-refractivity contribution in [2.45, 2.75) is 51.6 Å². The Labute approximate surface area is 103 Å². The van der Waals surface area contributed by atoms with Crippen LogP contribution in [0.25, 0.3) is 0 Å². The fraction of sp³-hybridized carbons (Fsp3) is 0.833. The minimum absolute atomic E-state index is 0.0144. The summed E-state index contributed by atoms with van der Waals surface area (Å²) < 4.78 is 0. The topological polar surface area (TPSA) is 84.2 Å². The summed E-state index contributed by atoms with van der Waals surface area (Å²) in [6, 6.07) is 0.126. The lowest BCUT2D eigenvalue weighted by Gasteiger charge is -2.11. The third-order valence-corrected chi connectivity index (χ3v) is 2.77. The van der Waals surface area contributed by atoms with Gasteiger partial charge in [0.15, 0.2) is 0 Å². The van der Waals surface area contributed by atoms with Gasteiger partial charge in [-0.25, -0.2) is 0 Å². The first kappa shape index (κ1) is 14.0. The van der Waals surface area contributed by atoms with E-state index in [0.717, 1.165) is 12.8 Å². The quantitative estimate of drug-likeness (QED) is 0.593. The molecule has 1 unspecified atom stereocenters. The molecule has 1 atom stereocenters. The van der Waals surface area contributed by atoms with Crippen molar-refractivity contribution < 1.29 is 9.59 Å². The molecule has 1 aliphatic rings. The predicted molar refractivity (Wildman–Crippen MR) is 66.2 cm³/mol. The van der Waals surface area contributed by atoms with Gasteiger partial charge < -0.3 is 16.4 Å². The lowest BCUT2D eigenvalue weighted by atomic mass is 10.1. The number of nitrogens with two attached hydrogens (primary N) is 1. The maximum Gasteiger partial charge on any atom is 0.221 e. The average molecular weight is 241 g/mol. The summed E-state index contributed by atoms with van der Waals surface area (Å²) in [4.78, 5) is 22.8. The largest absolute Gasteiger partial charge is 0.356 e. The van der Waals surface area contributed by atoms with Crippen molar-refractivity contribution in [3.05, 3.63) is 0 Å². The number of hydrogen-bond donors (Lipinski definition) is 3. The lowest BCUT2D eigenvalue weighted by molar-refractivity contribution is -0.122. The van der Waals surface area contributed by atoms with E-state index in [1.54, 1.807) is 0 Å². The molecule has 4 N–H and O–H groups in total. The van der Waals surface area contributed by atoms with Crippen LogP contribution < -0.4 is 16.4 Å². The fourth-order valence-corrected chi connectivity index (χ4v) is 1.69. The normalized spacial score (nSPS) is 16.7. The van der Waals surface area contributed by atoms with E-state index in [1.807, 2.05) is 13.8 Å². The van der Waals surface area contributed by atoms with Crippen molar-refractivity contribution in [1.29, 1.82) is 0 Å². The second-order valence-corrected chi connectivity index (χ2v) is 5.03. The second kappa shape index (κ2) is 6.59. The fourth-order valence-electron chi connectivity index (χ4n) is 1.69. The Morgan fingerprint density at radius 1 is 1.29 bits per heavy atom. The van der Waals surface area contributed by atoms with Crippen molar-refractivity contribution in [1.82, 2.24) is 10.6 Å². The summed E-state index contributed by atoms with van der Waals surface area (Å²) in [5.74, 6) is 0.443. The summed E-state index contributed by atoms with van der Waals surface area (Å²) in [6.45, 7) is 4.20. The molecule has 0 aliphatic heterocycles. The van der Waals surface area contributed by atoms with Crippen LogP contribution in [0.2, 0.25) is 0 Å². The van der Waals surface area contributed by atoms with Crippen molar-refractivity contribution >= 4 is 11.8 Å². The molecule has 1 rings (SSSR count). The molecule has 0 saturated heterocycles. The van der Waals surface area contributed by atoms with Crippen LogP contribution in [0.1, 0.15) is 39.5 Å². The van der Waals surface area contributed by atoms with Gasteiger partial charge in [-0.2, -0.15) is 0 Å². The molecule has 98 valence electrons. The summed E-state index contributed by atoms with van der Waals surface area (Å²) >= 11 is 0. The summed E-state index contributed by atoms with van der Waals surface area (Å²) in [6.07, 6.45) is 2.98. The first-order valence-electron chi connectivity index (χ1n) is 6.30. The maximum absolute atomic E-state index is 11.5. The molecule has 1 saturated carbocycles. The van der Waals surface area contributed by atoms with E-state index < -0.39 is 0 Å². The highest BCUT2D eigenvalue weighted by Gasteiger charge is 2.29. The first-order chi connectivity index (χ1) is 7.99. The molecule has 2 amide bonds. The molecule has 1 aliphatic carbocycles. The maximum atomic E-state index is 11.5. The molecule has 17 heavy (non-hydrogen) atoms. The number of hydrogen-bond acceptors (Lipinski definition) is 3. The van der Waals surface area contributed by atoms with Crippen LogP contribution in [0, 0.1) is 5.92 Å². The highest BCUT2D eigenvalue weighted by Crippen LogP contribution is 2.32. The van der Waals surface area contributed by atoms with Gasteiger partial charge in [-0.05, 0) is 32.6 Å². The third-order valence-electron chi connectivity index (χ3n) is 2.77. The van der Waals surface area contributed by atoms with Gasteiger partial charge in [0.1, 0.15) is 0 Å². The standard InChI is InChI=1S/C12H23N3O2/c1-8(2)15-11(16)5-6-14-12(17)7-10(13)9-3-4-9/h8-10H,3-7,13H2,1-2H3,(H,14,17)(H,15,16). The Bertz CT molecular complexity index is 275. The molecule has 0 aromatic carbocycles. The van der Waals surface area contributed by atoms with Crippen molar-refractivity contribution in [3.63, 3.8) is 0 Å². The minimum Gasteiger partial charge on any atom is -0.356 e. The molecule has 0 spiro atoms. The number of rotatable bonds is 7. The SMILES string of the molecule is CC(C)NC(=O)CCNC(=O)CC(N)C1CC1. The molecule has 0 radical (unpaired) electrons. The third kappa shape index (κ3) is 6.26. The molecular formula is C12H23N3O2. The zero-order chi connectivity index (χ0) is 12.8. The number of carbonyl (C=O) groups is 2. The van der Waals surface area contributed by atoms with Crippen molar-refractivity contribution in [2.24, 2.45) is 11.7 Å². The monoisotopic (exact) mass is 241 g/mol. The van der Waals surface area contributed by atoms with E-state index in [9.17, 15) is 9.59 Å². The van der Waals surface area contributed by atoms with Gasteiger partial charge in [0.2, 0.25) is 11.8 Å². The molecular weight excluding hydrogens is 218 g/mol. The summed E-state index contributed by atoms with van der Waals surface area (Å²) in [5, 5.41) is 5.49. The number of amides is 2. The smallest absolute Gasteiger partial charge is 0.221 e. The van der Waals surface area contributed by atoms with Crippen molar-refractivity contribution in [3.8, 4) is 0 Å². The van der Waals surface area contributed by atoms with Gasteiger partial charge in [-0.15, -0.1) is 0 Å². The molecule has 1 fully saturated rings. The highest BCUT2D eigenvalue weighted by atomic mass is 16.2. The Kier molecular flexibility index (Phi) is 5.41. The van der Waals surface area contributed by atoms with Crippen LogP contribution in [0.3, 0.4) is 0 Å². The van der Waals surface area contributed by atoms with E-state index >= 15 is 0 Å². The minimum atomic E-state index is -0.0539. The second-order valence-electron chi connectivity index (χ2n) is 5.03. The van der Waals surface area contributed by atoms with Gasteiger partial charge in [-0.1, -0.05) is 0 Å². The van der Waals surface area contributed by atoms with Crippen LogP contribution in [-0.2, 0) is 9.59 Å². The van der Waals surface area contributed by atoms with Crippen LogP contribution in [0.5, 0.6) is 0 Å². The van der Waals surface area contributed by atoms with Gasteiger partial charge >= 0.3 is 0 Å². The highest BCUT2D eigenvalue weighted by molar-refractivity contribution is 5.79. The van der Waals surface area contributed by atoms with Crippen molar-refractivity contribution in [2.75, 3.05) is 6.54 Å². The van der Waals surface area contributed by atoms with Crippen LogP contribution >= 0.6 is 0 Å². The zero-order valence-corrected chi connectivity index (χ0v) is 10.7. The van der Waals surface area contributed by atoms with E-state index in [4.69, 9.17) is 5.73 Å². The van der Waals surface area contributed by atoms with E-state index in [0.29, 0.717) is 25.3 Å². The van der Waals surface area contributed by atoms with E-state index in [2.05, 4.69) is 10.6 Å². The predicted octanol–water partition coefficient (Wildman–Crippen LogP) is 0.145. The van der Waals surface area contributed by atoms with Gasteiger partial charge in [0, 0.05) is 31.5 Å². The van der Waals surface area contributed by atoms with Crippen LogP contribution in [-0.4, -0.2) is 30.4 Å². The number of nitrogens with one attached hydrogen (secondary N) is 2. The Balaban J connectivity index is 2.05. The Morgan fingerprint density at radius 3 is 2.47 bits per heavy atom.